The number of sulfonamides is 1. The van der Waals surface area contributed by atoms with Crippen molar-refractivity contribution in [2.24, 2.45) is 5.92 Å². The number of carbonyl (C=O) groups is 1. The molecule has 0 saturated carbocycles. The molecular formula is C13H14N2O4S. The summed E-state index contributed by atoms with van der Waals surface area (Å²) in [5.74, 6) is -1.62. The van der Waals surface area contributed by atoms with Crippen LogP contribution in [0.4, 0.5) is 0 Å². The molecule has 6 nitrogen and oxygen atoms in total. The Hall–Kier alpha value is -1.91. The zero-order chi connectivity index (χ0) is 14.9. The van der Waals surface area contributed by atoms with Crippen LogP contribution in [0.5, 0.6) is 0 Å². The molecule has 1 fully saturated rings. The first kappa shape index (κ1) is 14.5. The van der Waals surface area contributed by atoms with Gasteiger partial charge in [0.1, 0.15) is 0 Å². The maximum Gasteiger partial charge on any atom is 0.307 e. The minimum atomic E-state index is -3.70. The van der Waals surface area contributed by atoms with Crippen LogP contribution in [0.15, 0.2) is 23.1 Å². The molecule has 1 N–H and O–H groups in total. The number of carboxylic acid groups (broad SMARTS) is 1. The van der Waals surface area contributed by atoms with Gasteiger partial charge < -0.3 is 5.11 Å². The first-order chi connectivity index (χ1) is 9.36. The van der Waals surface area contributed by atoms with Gasteiger partial charge >= 0.3 is 5.97 Å². The van der Waals surface area contributed by atoms with E-state index in [9.17, 15) is 13.2 Å². The maximum atomic E-state index is 12.5. The molecule has 7 heteroatoms. The molecule has 1 heterocycles. The lowest BCUT2D eigenvalue weighted by molar-refractivity contribution is -0.141. The molecule has 0 aliphatic carbocycles. The largest absolute Gasteiger partial charge is 0.481 e. The normalized spacial score (nSPS) is 19.7. The fourth-order valence-electron chi connectivity index (χ4n) is 2.30. The average molecular weight is 294 g/mol. The molecule has 0 aromatic heterocycles. The third-order valence-electron chi connectivity index (χ3n) is 3.42. The van der Waals surface area contributed by atoms with Crippen LogP contribution in [0.1, 0.15) is 17.5 Å². The summed E-state index contributed by atoms with van der Waals surface area (Å²) in [5.41, 5.74) is 0.883. The number of nitrogens with zero attached hydrogens (tertiary/aromatic N) is 2. The van der Waals surface area contributed by atoms with Gasteiger partial charge in [0.15, 0.2) is 0 Å². The Bertz CT molecular complexity index is 691. The van der Waals surface area contributed by atoms with Gasteiger partial charge in [-0.1, -0.05) is 0 Å². The smallest absolute Gasteiger partial charge is 0.307 e. The Morgan fingerprint density at radius 3 is 2.70 bits per heavy atom. The molecule has 106 valence electrons. The van der Waals surface area contributed by atoms with E-state index in [2.05, 4.69) is 0 Å². The van der Waals surface area contributed by atoms with Gasteiger partial charge in [-0.3, -0.25) is 4.79 Å². The Balaban J connectivity index is 2.33. The van der Waals surface area contributed by atoms with Gasteiger partial charge in [0.2, 0.25) is 10.0 Å². The molecular weight excluding hydrogens is 280 g/mol. The molecule has 1 saturated heterocycles. The van der Waals surface area contributed by atoms with E-state index in [0.717, 1.165) is 0 Å². The molecule has 0 radical (unpaired) electrons. The minimum Gasteiger partial charge on any atom is -0.481 e. The van der Waals surface area contributed by atoms with Gasteiger partial charge in [-0.15, -0.1) is 0 Å². The summed E-state index contributed by atoms with van der Waals surface area (Å²) >= 11 is 0. The lowest BCUT2D eigenvalue weighted by Gasteiger charge is -2.17. The second-order valence-electron chi connectivity index (χ2n) is 4.78. The highest BCUT2D eigenvalue weighted by atomic mass is 32.2. The number of hydrogen-bond acceptors (Lipinski definition) is 4. The minimum absolute atomic E-state index is 0.00287. The van der Waals surface area contributed by atoms with Crippen molar-refractivity contribution in [2.75, 3.05) is 13.1 Å². The molecule has 0 bridgehead atoms. The highest BCUT2D eigenvalue weighted by Gasteiger charge is 2.36. The topological polar surface area (TPSA) is 98.5 Å². The van der Waals surface area contributed by atoms with Crippen molar-refractivity contribution < 1.29 is 18.3 Å². The third kappa shape index (κ3) is 2.53. The molecule has 1 aliphatic rings. The maximum absolute atomic E-state index is 12.5. The summed E-state index contributed by atoms with van der Waals surface area (Å²) in [5, 5.41) is 17.7. The summed E-state index contributed by atoms with van der Waals surface area (Å²) in [7, 11) is -3.70. The van der Waals surface area contributed by atoms with Gasteiger partial charge in [0, 0.05) is 13.1 Å². The van der Waals surface area contributed by atoms with E-state index in [4.69, 9.17) is 10.4 Å². The Labute approximate surface area is 117 Å². The van der Waals surface area contributed by atoms with E-state index in [0.29, 0.717) is 17.5 Å². The summed E-state index contributed by atoms with van der Waals surface area (Å²) in [4.78, 5) is 11.0. The van der Waals surface area contributed by atoms with Gasteiger partial charge in [-0.25, -0.2) is 8.42 Å². The number of aliphatic carboxylic acids is 1. The number of aryl methyl sites for hydroxylation is 1. The lowest BCUT2D eigenvalue weighted by Crippen LogP contribution is -2.30. The summed E-state index contributed by atoms with van der Waals surface area (Å²) < 4.78 is 26.1. The number of nitriles is 1. The van der Waals surface area contributed by atoms with Crippen molar-refractivity contribution in [3.63, 3.8) is 0 Å². The summed E-state index contributed by atoms with van der Waals surface area (Å²) in [6.07, 6.45) is 0.323. The van der Waals surface area contributed by atoms with Gasteiger partial charge in [0.25, 0.3) is 0 Å². The van der Waals surface area contributed by atoms with Crippen LogP contribution < -0.4 is 0 Å². The molecule has 20 heavy (non-hydrogen) atoms. The van der Waals surface area contributed by atoms with Crippen molar-refractivity contribution in [3.05, 3.63) is 29.3 Å². The van der Waals surface area contributed by atoms with Crippen molar-refractivity contribution in [1.82, 2.24) is 4.31 Å². The first-order valence-electron chi connectivity index (χ1n) is 6.10. The molecule has 0 spiro atoms. The predicted molar refractivity (Wildman–Crippen MR) is 70.4 cm³/mol. The monoisotopic (exact) mass is 294 g/mol. The Kier molecular flexibility index (Phi) is 3.79. The third-order valence-corrected chi connectivity index (χ3v) is 5.45. The second kappa shape index (κ2) is 5.23. The molecule has 1 atom stereocenters. The van der Waals surface area contributed by atoms with E-state index >= 15 is 0 Å². The zero-order valence-corrected chi connectivity index (χ0v) is 11.7. The van der Waals surface area contributed by atoms with Crippen LogP contribution in [0.2, 0.25) is 0 Å². The van der Waals surface area contributed by atoms with E-state index in [1.54, 1.807) is 6.92 Å². The first-order valence-corrected chi connectivity index (χ1v) is 7.54. The highest BCUT2D eigenvalue weighted by Crippen LogP contribution is 2.26. The predicted octanol–water partition coefficient (Wildman–Crippen LogP) is 0.962. The highest BCUT2D eigenvalue weighted by molar-refractivity contribution is 7.89. The van der Waals surface area contributed by atoms with Gasteiger partial charge in [-0.05, 0) is 37.1 Å². The van der Waals surface area contributed by atoms with Crippen LogP contribution in [-0.2, 0) is 14.8 Å². The van der Waals surface area contributed by atoms with Crippen LogP contribution in [-0.4, -0.2) is 36.9 Å². The van der Waals surface area contributed by atoms with Crippen molar-refractivity contribution in [3.8, 4) is 6.07 Å². The number of benzene rings is 1. The second-order valence-corrected chi connectivity index (χ2v) is 6.69. The molecule has 2 rings (SSSR count). The quantitative estimate of drug-likeness (QED) is 0.895. The summed E-state index contributed by atoms with van der Waals surface area (Å²) in [6.45, 7) is 1.83. The van der Waals surface area contributed by atoms with Crippen LogP contribution in [0.3, 0.4) is 0 Å². The molecule has 1 aromatic rings. The zero-order valence-electron chi connectivity index (χ0n) is 10.9. The fourth-order valence-corrected chi connectivity index (χ4v) is 4.00. The Morgan fingerprint density at radius 1 is 1.50 bits per heavy atom. The standard InChI is InChI=1S/C13H14N2O4S/c1-9-6-10(7-14)2-3-12(9)20(18,19)15-5-4-11(8-15)13(16)17/h2-3,6,11H,4-5,8H2,1H3,(H,16,17). The SMILES string of the molecule is Cc1cc(C#N)ccc1S(=O)(=O)N1CCC(C(=O)O)C1. The average Bonchev–Trinajstić information content (AvgIpc) is 2.88. The van der Waals surface area contributed by atoms with Crippen molar-refractivity contribution in [2.45, 2.75) is 18.2 Å². The fraction of sp³-hybridized carbons (Fsp3) is 0.385. The molecule has 1 unspecified atom stereocenters. The number of carboxylic acids is 1. The van der Waals surface area contributed by atoms with Gasteiger partial charge in [-0.2, -0.15) is 9.57 Å². The molecule has 0 amide bonds. The number of hydrogen-bond donors (Lipinski definition) is 1. The summed E-state index contributed by atoms with van der Waals surface area (Å²) in [6, 6.07) is 6.31. The van der Waals surface area contributed by atoms with E-state index in [-0.39, 0.29) is 18.0 Å². The van der Waals surface area contributed by atoms with Gasteiger partial charge in [0.05, 0.1) is 22.4 Å². The van der Waals surface area contributed by atoms with E-state index < -0.39 is 21.9 Å². The van der Waals surface area contributed by atoms with Crippen LogP contribution in [0.25, 0.3) is 0 Å². The van der Waals surface area contributed by atoms with E-state index in [1.165, 1.54) is 22.5 Å². The lowest BCUT2D eigenvalue weighted by atomic mass is 10.1. The van der Waals surface area contributed by atoms with Crippen molar-refractivity contribution >= 4 is 16.0 Å². The molecule has 1 aromatic carbocycles. The Morgan fingerprint density at radius 2 is 2.20 bits per heavy atom. The molecule has 1 aliphatic heterocycles. The van der Waals surface area contributed by atoms with Crippen LogP contribution >= 0.6 is 0 Å². The number of rotatable bonds is 3. The van der Waals surface area contributed by atoms with Crippen LogP contribution in [0, 0.1) is 24.2 Å². The van der Waals surface area contributed by atoms with E-state index in [1.807, 2.05) is 6.07 Å². The van der Waals surface area contributed by atoms with Crippen molar-refractivity contribution in [1.29, 1.82) is 5.26 Å².